The van der Waals surface area contributed by atoms with Gasteiger partial charge in [0.1, 0.15) is 6.10 Å². The first-order chi connectivity index (χ1) is 8.34. The molecule has 5 atom stereocenters. The molecule has 0 bridgehead atoms. The van der Waals surface area contributed by atoms with E-state index in [0.717, 1.165) is 0 Å². The summed E-state index contributed by atoms with van der Waals surface area (Å²) in [6, 6.07) is 0. The zero-order chi connectivity index (χ0) is 13.9. The van der Waals surface area contributed by atoms with Crippen LogP contribution in [0.4, 0.5) is 0 Å². The minimum Gasteiger partial charge on any atom is -0.387 e. The van der Waals surface area contributed by atoms with Gasteiger partial charge >= 0.3 is 14.2 Å². The van der Waals surface area contributed by atoms with E-state index in [1.807, 2.05) is 0 Å². The first kappa shape index (κ1) is 16.1. The van der Waals surface area contributed by atoms with Gasteiger partial charge in [-0.15, -0.1) is 4.74 Å². The Bertz CT molecular complexity index is 268. The van der Waals surface area contributed by atoms with E-state index in [0.29, 0.717) is 0 Å². The molecule has 2 radical (unpaired) electrons. The fraction of sp³-hybridized carbons (Fsp3) is 1.00. The van der Waals surface area contributed by atoms with Crippen LogP contribution in [0, 0.1) is 0 Å². The summed E-state index contributed by atoms with van der Waals surface area (Å²) < 4.78 is 13.0. The van der Waals surface area contributed by atoms with E-state index in [1.165, 1.54) is 0 Å². The SMILES string of the molecule is NO[P+]([O])(CC[C@H]1[O+]C(O)[C@H](O)[C@@H](O)[C@@H]1O)ON. The maximum Gasteiger partial charge on any atom is 0.495 e. The molecule has 1 heterocycles. The van der Waals surface area contributed by atoms with Crippen molar-refractivity contribution < 1.29 is 39.3 Å². The highest BCUT2D eigenvalue weighted by molar-refractivity contribution is 7.60. The smallest absolute Gasteiger partial charge is 0.387 e. The largest absolute Gasteiger partial charge is 0.495 e. The van der Waals surface area contributed by atoms with E-state index in [-0.39, 0.29) is 12.6 Å². The van der Waals surface area contributed by atoms with Crippen molar-refractivity contribution in [1.29, 1.82) is 0 Å². The maximum absolute atomic E-state index is 11.5. The summed E-state index contributed by atoms with van der Waals surface area (Å²) in [6.45, 7) is 0. The second-order valence-corrected chi connectivity index (χ2v) is 5.96. The molecule has 0 saturated carbocycles. The summed E-state index contributed by atoms with van der Waals surface area (Å²) in [4.78, 5) is 11.5. The topological polar surface area (TPSA) is 183 Å². The minimum absolute atomic E-state index is 0.117. The fourth-order valence-corrected chi connectivity index (χ4v) is 2.42. The zero-order valence-electron chi connectivity index (χ0n) is 9.32. The molecule has 1 unspecified atom stereocenters. The molecule has 11 heteroatoms. The molecule has 0 aromatic rings. The second-order valence-electron chi connectivity index (χ2n) is 3.87. The van der Waals surface area contributed by atoms with Crippen LogP contribution in [0.1, 0.15) is 6.42 Å². The highest BCUT2D eigenvalue weighted by Gasteiger charge is 2.55. The van der Waals surface area contributed by atoms with Crippen molar-refractivity contribution in [3.63, 3.8) is 0 Å². The predicted octanol–water partition coefficient (Wildman–Crippen LogP) is -2.85. The van der Waals surface area contributed by atoms with Crippen molar-refractivity contribution in [2.45, 2.75) is 37.1 Å². The van der Waals surface area contributed by atoms with Crippen LogP contribution in [-0.2, 0) is 18.9 Å². The standard InChI is InChI=1S/C7H17N2O8P/c8-16-18(14,17-9)2-1-3-4(10)5(11)6(12)7(13)15-3/h3-7,10-13H,1-2,8-9H2/q+2/t3-,4-,5+,6-,7?/m1/s1. The van der Waals surface area contributed by atoms with Crippen LogP contribution >= 0.6 is 7.94 Å². The Morgan fingerprint density at radius 1 is 1.06 bits per heavy atom. The van der Waals surface area contributed by atoms with Crippen molar-refractivity contribution in [2.75, 3.05) is 6.16 Å². The normalized spacial score (nSPS) is 37.8. The van der Waals surface area contributed by atoms with E-state index in [1.54, 1.807) is 0 Å². The van der Waals surface area contributed by atoms with E-state index in [2.05, 4.69) is 9.25 Å². The molecular formula is C7H17N2O8P+2. The Morgan fingerprint density at radius 3 is 2.11 bits per heavy atom. The van der Waals surface area contributed by atoms with Gasteiger partial charge in [0, 0.05) is 4.89 Å². The summed E-state index contributed by atoms with van der Waals surface area (Å²) in [5.41, 5.74) is 0. The lowest BCUT2D eigenvalue weighted by Crippen LogP contribution is -2.57. The lowest BCUT2D eigenvalue weighted by atomic mass is 9.97. The second kappa shape index (κ2) is 6.46. The number of nitrogens with two attached hydrogens (primary N) is 2. The minimum atomic E-state index is -3.69. The average molecular weight is 288 g/mol. The van der Waals surface area contributed by atoms with E-state index >= 15 is 0 Å². The number of hydrogen-bond donors (Lipinski definition) is 6. The number of aliphatic hydroxyl groups excluding tert-OH is 4. The Labute approximate surface area is 103 Å². The molecule has 0 amide bonds. The monoisotopic (exact) mass is 288 g/mol. The van der Waals surface area contributed by atoms with Crippen LogP contribution in [0.15, 0.2) is 0 Å². The van der Waals surface area contributed by atoms with E-state index in [4.69, 9.17) is 16.5 Å². The van der Waals surface area contributed by atoms with Crippen molar-refractivity contribution in [3.05, 3.63) is 0 Å². The highest BCUT2D eigenvalue weighted by atomic mass is 31.2. The molecule has 0 aromatic heterocycles. The van der Waals surface area contributed by atoms with Gasteiger partial charge in [-0.2, -0.15) is 11.8 Å². The molecule has 1 aliphatic rings. The Morgan fingerprint density at radius 2 is 1.61 bits per heavy atom. The van der Waals surface area contributed by atoms with Gasteiger partial charge in [-0.3, -0.25) is 0 Å². The van der Waals surface area contributed by atoms with Crippen LogP contribution in [0.3, 0.4) is 0 Å². The predicted molar refractivity (Wildman–Crippen MR) is 56.5 cm³/mol. The lowest BCUT2D eigenvalue weighted by molar-refractivity contribution is -0.281. The lowest BCUT2D eigenvalue weighted by Gasteiger charge is -2.29. The molecule has 1 saturated heterocycles. The third kappa shape index (κ3) is 3.53. The number of rotatable bonds is 5. The molecule has 0 spiro atoms. The molecule has 106 valence electrons. The maximum atomic E-state index is 11.5. The average Bonchev–Trinajstić information content (AvgIpc) is 2.38. The Kier molecular flexibility index (Phi) is 5.77. The number of aliphatic hydroxyl groups is 4. The van der Waals surface area contributed by atoms with Gasteiger partial charge in [-0.1, -0.05) is 9.25 Å². The van der Waals surface area contributed by atoms with Gasteiger partial charge < -0.3 is 20.4 Å². The fourth-order valence-electron chi connectivity index (χ4n) is 1.59. The summed E-state index contributed by atoms with van der Waals surface area (Å²) in [6.07, 6.45) is -7.82. The van der Waals surface area contributed by atoms with Crippen molar-refractivity contribution in [2.24, 2.45) is 11.8 Å². The van der Waals surface area contributed by atoms with Crippen molar-refractivity contribution >= 4 is 7.94 Å². The molecule has 8 N–H and O–H groups in total. The van der Waals surface area contributed by atoms with Crippen molar-refractivity contribution in [3.8, 4) is 0 Å². The molecule has 18 heavy (non-hydrogen) atoms. The number of ether oxygens (including phenoxy) is 1. The van der Waals surface area contributed by atoms with Crippen LogP contribution < -0.4 is 11.8 Å². The summed E-state index contributed by atoms with van der Waals surface area (Å²) in [7, 11) is -3.69. The van der Waals surface area contributed by atoms with Crippen LogP contribution in [-0.4, -0.2) is 57.3 Å². The van der Waals surface area contributed by atoms with Crippen LogP contribution in [0.5, 0.6) is 0 Å². The molecule has 1 rings (SSSR count). The third-order valence-corrected chi connectivity index (χ3v) is 4.14. The molecule has 0 aromatic carbocycles. The molecule has 0 aliphatic carbocycles. The molecule has 10 nitrogen and oxygen atoms in total. The van der Waals surface area contributed by atoms with Crippen LogP contribution in [0.25, 0.3) is 0 Å². The summed E-state index contributed by atoms with van der Waals surface area (Å²) >= 11 is 0. The first-order valence-corrected chi connectivity index (χ1v) is 6.81. The van der Waals surface area contributed by atoms with Gasteiger partial charge in [-0.25, -0.2) is 0 Å². The third-order valence-electron chi connectivity index (χ3n) is 2.70. The summed E-state index contributed by atoms with van der Waals surface area (Å²) in [5, 5.41) is 37.5. The van der Waals surface area contributed by atoms with Gasteiger partial charge in [0.2, 0.25) is 0 Å². The molecular weight excluding hydrogens is 271 g/mol. The zero-order valence-corrected chi connectivity index (χ0v) is 10.2. The van der Waals surface area contributed by atoms with Gasteiger partial charge in [0.25, 0.3) is 6.10 Å². The van der Waals surface area contributed by atoms with Gasteiger partial charge in [0.15, 0.2) is 18.4 Å². The Balaban J connectivity index is 2.57. The van der Waals surface area contributed by atoms with Crippen LogP contribution in [0.2, 0.25) is 0 Å². The number of hydrogen-bond acceptors (Lipinski definition) is 9. The molecule has 1 aliphatic heterocycles. The van der Waals surface area contributed by atoms with E-state index < -0.39 is 38.6 Å². The van der Waals surface area contributed by atoms with E-state index in [9.17, 15) is 25.3 Å². The molecule has 1 fully saturated rings. The summed E-state index contributed by atoms with van der Waals surface area (Å²) in [5.74, 6) is 9.47. The van der Waals surface area contributed by atoms with Gasteiger partial charge in [0.05, 0.1) is 6.42 Å². The quantitative estimate of drug-likeness (QED) is 0.176. The highest BCUT2D eigenvalue weighted by Crippen LogP contribution is 2.55. The van der Waals surface area contributed by atoms with Gasteiger partial charge in [-0.05, 0) is 0 Å². The first-order valence-electron chi connectivity index (χ1n) is 5.08. The van der Waals surface area contributed by atoms with Crippen molar-refractivity contribution in [1.82, 2.24) is 0 Å². The Hall–Kier alpha value is 0.0300.